The van der Waals surface area contributed by atoms with Crippen LogP contribution in [0.1, 0.15) is 37.9 Å². The van der Waals surface area contributed by atoms with Gasteiger partial charge >= 0.3 is 6.18 Å². The van der Waals surface area contributed by atoms with Crippen LogP contribution in [-0.2, 0) is 11.0 Å². The molecule has 100 valence electrons. The summed E-state index contributed by atoms with van der Waals surface area (Å²) in [6.07, 6.45) is -3.78. The normalized spacial score (nSPS) is 13.8. The molecule has 6 heteroatoms. The molecule has 0 aliphatic carbocycles. The first kappa shape index (κ1) is 15.0. The van der Waals surface area contributed by atoms with Crippen molar-refractivity contribution in [1.29, 1.82) is 0 Å². The van der Waals surface area contributed by atoms with Crippen LogP contribution in [0.15, 0.2) is 12.3 Å². The number of halogens is 4. The van der Waals surface area contributed by atoms with Crippen molar-refractivity contribution >= 4 is 17.4 Å². The number of hydrogen-bond donors (Lipinski definition) is 0. The standard InChI is InChI=1S/C12H13ClF3NO/c1-6(2)10(7(3)18)11-9(13)4-8(5-17-11)12(14,15)16/h4-6,10H,1-3H3. The number of rotatable bonds is 3. The van der Waals surface area contributed by atoms with Crippen LogP contribution >= 0.6 is 11.6 Å². The average molecular weight is 280 g/mol. The van der Waals surface area contributed by atoms with Gasteiger partial charge in [0, 0.05) is 6.20 Å². The van der Waals surface area contributed by atoms with E-state index in [4.69, 9.17) is 11.6 Å². The summed E-state index contributed by atoms with van der Waals surface area (Å²) in [7, 11) is 0. The van der Waals surface area contributed by atoms with E-state index >= 15 is 0 Å². The Morgan fingerprint density at radius 1 is 1.39 bits per heavy atom. The molecular weight excluding hydrogens is 267 g/mol. The Morgan fingerprint density at radius 3 is 2.28 bits per heavy atom. The van der Waals surface area contributed by atoms with Crippen LogP contribution in [0.4, 0.5) is 13.2 Å². The van der Waals surface area contributed by atoms with E-state index in [1.807, 2.05) is 0 Å². The van der Waals surface area contributed by atoms with Gasteiger partial charge in [0.05, 0.1) is 22.2 Å². The molecule has 1 unspecified atom stereocenters. The molecule has 0 aliphatic heterocycles. The van der Waals surface area contributed by atoms with Gasteiger partial charge in [-0.3, -0.25) is 9.78 Å². The summed E-state index contributed by atoms with van der Waals surface area (Å²) < 4.78 is 37.4. The van der Waals surface area contributed by atoms with Crippen LogP contribution < -0.4 is 0 Å². The van der Waals surface area contributed by atoms with Crippen LogP contribution in [0.3, 0.4) is 0 Å². The molecule has 1 aromatic rings. The van der Waals surface area contributed by atoms with Gasteiger partial charge in [0.1, 0.15) is 5.78 Å². The fraction of sp³-hybridized carbons (Fsp3) is 0.500. The Kier molecular flexibility index (Phi) is 4.37. The predicted molar refractivity (Wildman–Crippen MR) is 62.5 cm³/mol. The highest BCUT2D eigenvalue weighted by atomic mass is 35.5. The molecule has 0 spiro atoms. The third kappa shape index (κ3) is 3.22. The maximum atomic E-state index is 12.5. The van der Waals surface area contributed by atoms with E-state index in [1.165, 1.54) is 6.92 Å². The van der Waals surface area contributed by atoms with Crippen LogP contribution in [0, 0.1) is 5.92 Å². The minimum Gasteiger partial charge on any atom is -0.299 e. The van der Waals surface area contributed by atoms with Gasteiger partial charge in [-0.2, -0.15) is 13.2 Å². The fourth-order valence-corrected chi connectivity index (χ4v) is 2.09. The molecule has 1 heterocycles. The van der Waals surface area contributed by atoms with Crippen molar-refractivity contribution in [3.8, 4) is 0 Å². The molecule has 0 aromatic carbocycles. The van der Waals surface area contributed by atoms with Crippen LogP contribution in [-0.4, -0.2) is 10.8 Å². The summed E-state index contributed by atoms with van der Waals surface area (Å²) in [5, 5.41) is -0.126. The Morgan fingerprint density at radius 2 is 1.94 bits per heavy atom. The monoisotopic (exact) mass is 279 g/mol. The number of carbonyl (C=O) groups excluding carboxylic acids is 1. The number of carbonyl (C=O) groups is 1. The van der Waals surface area contributed by atoms with E-state index in [0.717, 1.165) is 6.07 Å². The lowest BCUT2D eigenvalue weighted by Gasteiger charge is -2.19. The molecule has 0 saturated heterocycles. The van der Waals surface area contributed by atoms with Crippen molar-refractivity contribution in [1.82, 2.24) is 4.98 Å². The van der Waals surface area contributed by atoms with Crippen LogP contribution in [0.25, 0.3) is 0 Å². The second-order valence-electron chi connectivity index (χ2n) is 4.42. The molecule has 0 bridgehead atoms. The summed E-state index contributed by atoms with van der Waals surface area (Å²) in [6.45, 7) is 4.96. The summed E-state index contributed by atoms with van der Waals surface area (Å²) in [5.74, 6) is -0.830. The number of nitrogens with zero attached hydrogens (tertiary/aromatic N) is 1. The first-order valence-electron chi connectivity index (χ1n) is 5.37. The average Bonchev–Trinajstić information content (AvgIpc) is 2.18. The maximum absolute atomic E-state index is 12.5. The number of hydrogen-bond acceptors (Lipinski definition) is 2. The van der Waals surface area contributed by atoms with Crippen molar-refractivity contribution in [3.63, 3.8) is 0 Å². The van der Waals surface area contributed by atoms with E-state index < -0.39 is 17.7 Å². The Balaban J connectivity index is 3.24. The van der Waals surface area contributed by atoms with E-state index in [0.29, 0.717) is 6.20 Å². The molecule has 18 heavy (non-hydrogen) atoms. The third-order valence-electron chi connectivity index (χ3n) is 2.60. The molecule has 1 rings (SSSR count). The second-order valence-corrected chi connectivity index (χ2v) is 4.83. The number of ketones is 1. The first-order valence-corrected chi connectivity index (χ1v) is 5.75. The zero-order valence-corrected chi connectivity index (χ0v) is 10.9. The van der Waals surface area contributed by atoms with Crippen molar-refractivity contribution in [2.24, 2.45) is 5.92 Å². The zero-order chi connectivity index (χ0) is 14.1. The van der Waals surface area contributed by atoms with Gasteiger partial charge in [-0.05, 0) is 18.9 Å². The molecule has 0 fully saturated rings. The molecule has 0 radical (unpaired) electrons. The van der Waals surface area contributed by atoms with Crippen molar-refractivity contribution < 1.29 is 18.0 Å². The van der Waals surface area contributed by atoms with Gasteiger partial charge in [0.15, 0.2) is 0 Å². The van der Waals surface area contributed by atoms with Gasteiger partial charge in [0.2, 0.25) is 0 Å². The molecule has 1 aromatic heterocycles. The smallest absolute Gasteiger partial charge is 0.299 e. The summed E-state index contributed by atoms with van der Waals surface area (Å²) in [6, 6.07) is 0.808. The minimum atomic E-state index is -4.49. The van der Waals surface area contributed by atoms with Crippen LogP contribution in [0.5, 0.6) is 0 Å². The predicted octanol–water partition coefficient (Wildman–Crippen LogP) is 4.08. The van der Waals surface area contributed by atoms with Gasteiger partial charge in [0.25, 0.3) is 0 Å². The largest absolute Gasteiger partial charge is 0.417 e. The number of pyridine rings is 1. The Labute approximate surface area is 108 Å². The van der Waals surface area contributed by atoms with Crippen LogP contribution in [0.2, 0.25) is 5.02 Å². The van der Waals surface area contributed by atoms with Gasteiger partial charge in [-0.15, -0.1) is 0 Å². The Hall–Kier alpha value is -1.10. The van der Waals surface area contributed by atoms with Gasteiger partial charge < -0.3 is 0 Å². The second kappa shape index (κ2) is 5.26. The summed E-state index contributed by atoms with van der Waals surface area (Å²) >= 11 is 5.80. The SMILES string of the molecule is CC(=O)C(c1ncc(C(F)(F)F)cc1Cl)C(C)C. The number of alkyl halides is 3. The van der Waals surface area contributed by atoms with E-state index in [2.05, 4.69) is 4.98 Å². The van der Waals surface area contributed by atoms with Gasteiger partial charge in [-0.25, -0.2) is 0 Å². The highest BCUT2D eigenvalue weighted by molar-refractivity contribution is 6.31. The lowest BCUT2D eigenvalue weighted by molar-refractivity contribution is -0.137. The van der Waals surface area contributed by atoms with E-state index in [9.17, 15) is 18.0 Å². The minimum absolute atomic E-state index is 0.0794. The van der Waals surface area contributed by atoms with E-state index in [-0.39, 0.29) is 22.4 Å². The van der Waals surface area contributed by atoms with Crippen molar-refractivity contribution in [2.75, 3.05) is 0 Å². The quantitative estimate of drug-likeness (QED) is 0.834. The maximum Gasteiger partial charge on any atom is 0.417 e. The van der Waals surface area contributed by atoms with Gasteiger partial charge in [-0.1, -0.05) is 25.4 Å². The molecule has 1 atom stereocenters. The molecule has 0 amide bonds. The summed E-state index contributed by atoms with van der Waals surface area (Å²) in [4.78, 5) is 15.2. The van der Waals surface area contributed by atoms with Crippen molar-refractivity contribution in [2.45, 2.75) is 32.9 Å². The lowest BCUT2D eigenvalue weighted by Crippen LogP contribution is -2.18. The molecule has 0 saturated carbocycles. The molecular formula is C12H13ClF3NO. The molecule has 2 nitrogen and oxygen atoms in total. The molecule has 0 N–H and O–H groups in total. The Bertz CT molecular complexity index is 457. The number of Topliss-reactive ketones (excluding diaryl/α,β-unsaturated/α-hetero) is 1. The van der Waals surface area contributed by atoms with Crippen molar-refractivity contribution in [3.05, 3.63) is 28.5 Å². The number of aromatic nitrogens is 1. The highest BCUT2D eigenvalue weighted by Gasteiger charge is 2.33. The highest BCUT2D eigenvalue weighted by Crippen LogP contribution is 2.34. The first-order chi connectivity index (χ1) is 8.14. The third-order valence-corrected chi connectivity index (χ3v) is 2.90. The zero-order valence-electron chi connectivity index (χ0n) is 10.2. The summed E-state index contributed by atoms with van der Waals surface area (Å²) in [5.41, 5.74) is -0.713. The van der Waals surface area contributed by atoms with E-state index in [1.54, 1.807) is 13.8 Å². The fourth-order valence-electron chi connectivity index (χ4n) is 1.81. The topological polar surface area (TPSA) is 30.0 Å². The molecule has 0 aliphatic rings. The lowest BCUT2D eigenvalue weighted by atomic mass is 9.88.